The molecule has 0 bridgehead atoms. The van der Waals surface area contributed by atoms with E-state index >= 15 is 0 Å². The van der Waals surface area contributed by atoms with Crippen molar-refractivity contribution < 1.29 is 14.3 Å². The molecule has 7 nitrogen and oxygen atoms in total. The van der Waals surface area contributed by atoms with Crippen LogP contribution >= 0.6 is 23.8 Å². The summed E-state index contributed by atoms with van der Waals surface area (Å²) in [5.74, 6) is 0.0992. The van der Waals surface area contributed by atoms with Crippen molar-refractivity contribution in [3.05, 3.63) is 107 Å². The Bertz CT molecular complexity index is 1350. The maximum absolute atomic E-state index is 11.4. The summed E-state index contributed by atoms with van der Waals surface area (Å²) in [5, 5.41) is 13.8. The zero-order valence-electron chi connectivity index (χ0n) is 17.8. The molecule has 0 aliphatic carbocycles. The van der Waals surface area contributed by atoms with Gasteiger partial charge in [0.25, 0.3) is 0 Å². The number of rotatable bonds is 6. The number of furan rings is 1. The Morgan fingerprint density at radius 1 is 1.12 bits per heavy atom. The van der Waals surface area contributed by atoms with Crippen LogP contribution in [0.5, 0.6) is 0 Å². The van der Waals surface area contributed by atoms with Crippen LogP contribution in [-0.2, 0) is 6.54 Å². The third-order valence-electron chi connectivity index (χ3n) is 5.70. The van der Waals surface area contributed by atoms with Gasteiger partial charge in [-0.25, -0.2) is 4.79 Å². The maximum Gasteiger partial charge on any atom is 0.335 e. The molecule has 2 N–H and O–H groups in total. The molecule has 4 aromatic rings. The highest BCUT2D eigenvalue weighted by molar-refractivity contribution is 7.80. The standard InChI is InChI=1S/C25H19ClN4O3S/c26-18-5-4-16(24(31)32)13-17(18)20-6-7-21(33-20)23-22(19-3-1-2-10-28-19)29-25(34)30(23)14-15-8-11-27-12-9-15/h1-13,22-23H,14H2,(H,29,34)(H,31,32). The molecule has 1 aliphatic rings. The van der Waals surface area contributed by atoms with Crippen LogP contribution in [0.2, 0.25) is 5.02 Å². The molecule has 3 aromatic heterocycles. The molecule has 0 saturated carbocycles. The summed E-state index contributed by atoms with van der Waals surface area (Å²) in [4.78, 5) is 22.1. The monoisotopic (exact) mass is 490 g/mol. The number of aromatic nitrogens is 2. The largest absolute Gasteiger partial charge is 0.478 e. The molecule has 0 spiro atoms. The molecule has 34 heavy (non-hydrogen) atoms. The van der Waals surface area contributed by atoms with E-state index < -0.39 is 5.97 Å². The quantitative estimate of drug-likeness (QED) is 0.353. The van der Waals surface area contributed by atoms with E-state index in [1.807, 2.05) is 36.4 Å². The Labute approximate surface area is 206 Å². The fourth-order valence-corrected chi connectivity index (χ4v) is 4.59. The summed E-state index contributed by atoms with van der Waals surface area (Å²) >= 11 is 12.1. The van der Waals surface area contributed by atoms with Crippen LogP contribution < -0.4 is 5.32 Å². The molecule has 2 unspecified atom stereocenters. The highest BCUT2D eigenvalue weighted by Crippen LogP contribution is 2.42. The van der Waals surface area contributed by atoms with Crippen molar-refractivity contribution in [2.24, 2.45) is 0 Å². The number of thiocarbonyl (C=S) groups is 1. The summed E-state index contributed by atoms with van der Waals surface area (Å²) in [6, 6.07) is 17.3. The van der Waals surface area contributed by atoms with Gasteiger partial charge in [0.1, 0.15) is 17.6 Å². The Kier molecular flexibility index (Phi) is 6.00. The van der Waals surface area contributed by atoms with Gasteiger partial charge in [0, 0.05) is 30.7 Å². The van der Waals surface area contributed by atoms with Gasteiger partial charge in [-0.2, -0.15) is 0 Å². The van der Waals surface area contributed by atoms with Crippen LogP contribution in [0.1, 0.15) is 39.5 Å². The number of halogens is 1. The smallest absolute Gasteiger partial charge is 0.335 e. The van der Waals surface area contributed by atoms with E-state index in [-0.39, 0.29) is 17.6 Å². The first-order chi connectivity index (χ1) is 16.5. The molecule has 4 heterocycles. The fraction of sp³-hybridized carbons (Fsp3) is 0.120. The minimum atomic E-state index is -1.03. The number of hydrogen-bond acceptors (Lipinski definition) is 5. The van der Waals surface area contributed by atoms with Crippen molar-refractivity contribution in [1.82, 2.24) is 20.2 Å². The first-order valence-corrected chi connectivity index (χ1v) is 11.3. The van der Waals surface area contributed by atoms with Gasteiger partial charge in [0.2, 0.25) is 0 Å². The second kappa shape index (κ2) is 9.24. The lowest BCUT2D eigenvalue weighted by Crippen LogP contribution is -2.29. The third kappa shape index (κ3) is 4.25. The predicted octanol–water partition coefficient (Wildman–Crippen LogP) is 5.26. The zero-order chi connectivity index (χ0) is 23.7. The lowest BCUT2D eigenvalue weighted by atomic mass is 10.0. The molecule has 2 atom stereocenters. The average Bonchev–Trinajstić information content (AvgIpc) is 3.45. The third-order valence-corrected chi connectivity index (χ3v) is 6.38. The number of nitrogens with zero attached hydrogens (tertiary/aromatic N) is 3. The normalized spacial score (nSPS) is 17.6. The molecular formula is C25H19ClN4O3S. The Balaban J connectivity index is 1.56. The molecular weight excluding hydrogens is 472 g/mol. The minimum absolute atomic E-state index is 0.131. The van der Waals surface area contributed by atoms with E-state index in [2.05, 4.69) is 20.2 Å². The number of carbonyl (C=O) groups is 1. The van der Waals surface area contributed by atoms with Gasteiger partial charge in [0.05, 0.1) is 22.3 Å². The fourth-order valence-electron chi connectivity index (χ4n) is 4.07. The maximum atomic E-state index is 11.4. The van der Waals surface area contributed by atoms with E-state index in [9.17, 15) is 9.90 Å². The molecule has 1 saturated heterocycles. The predicted molar refractivity (Wildman–Crippen MR) is 131 cm³/mol. The van der Waals surface area contributed by atoms with Gasteiger partial charge in [-0.1, -0.05) is 17.7 Å². The number of hydrogen-bond donors (Lipinski definition) is 2. The van der Waals surface area contributed by atoms with Crippen molar-refractivity contribution in [3.8, 4) is 11.3 Å². The number of benzene rings is 1. The van der Waals surface area contributed by atoms with E-state index in [1.54, 1.807) is 30.7 Å². The van der Waals surface area contributed by atoms with Gasteiger partial charge in [-0.3, -0.25) is 9.97 Å². The number of carboxylic acids is 1. The van der Waals surface area contributed by atoms with Crippen LogP contribution in [0.4, 0.5) is 0 Å². The van der Waals surface area contributed by atoms with E-state index in [1.165, 1.54) is 12.1 Å². The summed E-state index contributed by atoms with van der Waals surface area (Å²) in [5.41, 5.74) is 2.52. The summed E-state index contributed by atoms with van der Waals surface area (Å²) in [6.45, 7) is 0.549. The van der Waals surface area contributed by atoms with Gasteiger partial charge in [-0.05, 0) is 72.4 Å². The molecule has 9 heteroatoms. The van der Waals surface area contributed by atoms with Crippen LogP contribution in [0.15, 0.2) is 83.7 Å². The van der Waals surface area contributed by atoms with E-state index in [4.69, 9.17) is 28.2 Å². The van der Waals surface area contributed by atoms with Gasteiger partial charge < -0.3 is 19.7 Å². The highest BCUT2D eigenvalue weighted by atomic mass is 35.5. The first-order valence-electron chi connectivity index (χ1n) is 10.5. The van der Waals surface area contributed by atoms with Crippen molar-refractivity contribution in [1.29, 1.82) is 0 Å². The topological polar surface area (TPSA) is 91.5 Å². The second-order valence-electron chi connectivity index (χ2n) is 7.81. The van der Waals surface area contributed by atoms with Crippen LogP contribution in [-0.4, -0.2) is 31.1 Å². The van der Waals surface area contributed by atoms with Gasteiger partial charge >= 0.3 is 5.97 Å². The zero-order valence-corrected chi connectivity index (χ0v) is 19.3. The molecule has 1 aliphatic heterocycles. The van der Waals surface area contributed by atoms with Crippen molar-refractivity contribution >= 4 is 34.9 Å². The summed E-state index contributed by atoms with van der Waals surface area (Å²) < 4.78 is 6.28. The molecule has 170 valence electrons. The van der Waals surface area contributed by atoms with Crippen LogP contribution in [0.3, 0.4) is 0 Å². The van der Waals surface area contributed by atoms with Crippen LogP contribution in [0, 0.1) is 0 Å². The Morgan fingerprint density at radius 2 is 1.94 bits per heavy atom. The lowest BCUT2D eigenvalue weighted by molar-refractivity contribution is 0.0697. The van der Waals surface area contributed by atoms with E-state index in [0.29, 0.717) is 33.8 Å². The SMILES string of the molecule is O=C(O)c1ccc(Cl)c(-c2ccc(C3C(c4ccccn4)NC(=S)N3Cc3ccncc3)o2)c1. The number of carboxylic acid groups (broad SMARTS) is 1. The van der Waals surface area contributed by atoms with Crippen LogP contribution in [0.25, 0.3) is 11.3 Å². The van der Waals surface area contributed by atoms with Gasteiger partial charge in [0.15, 0.2) is 5.11 Å². The number of pyridine rings is 2. The molecule has 0 amide bonds. The highest BCUT2D eigenvalue weighted by Gasteiger charge is 2.41. The molecule has 0 radical (unpaired) electrons. The lowest BCUT2D eigenvalue weighted by Gasteiger charge is -2.26. The van der Waals surface area contributed by atoms with Crippen molar-refractivity contribution in [3.63, 3.8) is 0 Å². The number of aromatic carboxylic acids is 1. The van der Waals surface area contributed by atoms with Crippen molar-refractivity contribution in [2.75, 3.05) is 0 Å². The number of nitrogens with one attached hydrogen (secondary N) is 1. The minimum Gasteiger partial charge on any atom is -0.478 e. The summed E-state index contributed by atoms with van der Waals surface area (Å²) in [6.07, 6.45) is 5.23. The molecule has 1 fully saturated rings. The Hall–Kier alpha value is -3.75. The van der Waals surface area contributed by atoms with E-state index in [0.717, 1.165) is 11.3 Å². The Morgan fingerprint density at radius 3 is 2.68 bits per heavy atom. The van der Waals surface area contributed by atoms with Crippen molar-refractivity contribution in [2.45, 2.75) is 18.6 Å². The van der Waals surface area contributed by atoms with Gasteiger partial charge in [-0.15, -0.1) is 0 Å². The summed E-state index contributed by atoms with van der Waals surface area (Å²) in [7, 11) is 0. The molecule has 1 aromatic carbocycles. The molecule has 5 rings (SSSR count). The second-order valence-corrected chi connectivity index (χ2v) is 8.61. The average molecular weight is 491 g/mol. The first kappa shape index (κ1) is 22.1.